The summed E-state index contributed by atoms with van der Waals surface area (Å²) < 4.78 is 0. The number of amides is 1. The molecule has 1 aromatic heterocycles. The summed E-state index contributed by atoms with van der Waals surface area (Å²) in [6.45, 7) is 1.24. The number of aromatic nitrogens is 1. The number of halogens is 1. The van der Waals surface area contributed by atoms with Crippen molar-refractivity contribution in [2.75, 3.05) is 5.73 Å². The molecule has 1 aliphatic heterocycles. The van der Waals surface area contributed by atoms with Crippen molar-refractivity contribution in [2.24, 2.45) is 0 Å². The number of anilines is 1. The summed E-state index contributed by atoms with van der Waals surface area (Å²) in [5.41, 5.74) is 8.46. The second-order valence-corrected chi connectivity index (χ2v) is 4.92. The number of nitrogens with two attached hydrogens (primary N) is 1. The minimum Gasteiger partial charge on any atom is -0.384 e. The fourth-order valence-electron chi connectivity index (χ4n) is 2.30. The van der Waals surface area contributed by atoms with Crippen LogP contribution in [0.1, 0.15) is 21.5 Å². The summed E-state index contributed by atoms with van der Waals surface area (Å²) >= 11 is 5.83. The second-order valence-electron chi connectivity index (χ2n) is 4.53. The van der Waals surface area contributed by atoms with Gasteiger partial charge in [0.25, 0.3) is 5.91 Å². The molecule has 2 aromatic rings. The molecule has 1 aromatic carbocycles. The van der Waals surface area contributed by atoms with E-state index in [0.29, 0.717) is 18.7 Å². The van der Waals surface area contributed by atoms with Crippen LogP contribution < -0.4 is 5.73 Å². The Labute approximate surface area is 115 Å². The fraction of sp³-hybridized carbons (Fsp3) is 0.143. The van der Waals surface area contributed by atoms with Crippen molar-refractivity contribution in [2.45, 2.75) is 13.1 Å². The highest BCUT2D eigenvalue weighted by atomic mass is 35.5. The van der Waals surface area contributed by atoms with E-state index >= 15 is 0 Å². The van der Waals surface area contributed by atoms with Gasteiger partial charge < -0.3 is 10.6 Å². The highest BCUT2D eigenvalue weighted by molar-refractivity contribution is 6.29. The van der Waals surface area contributed by atoms with Gasteiger partial charge in [0.2, 0.25) is 0 Å². The van der Waals surface area contributed by atoms with Crippen LogP contribution in [-0.2, 0) is 13.1 Å². The van der Waals surface area contributed by atoms with E-state index in [1.165, 1.54) is 11.1 Å². The van der Waals surface area contributed by atoms with E-state index in [0.717, 1.165) is 0 Å². The zero-order valence-corrected chi connectivity index (χ0v) is 10.9. The minimum atomic E-state index is -0.0767. The van der Waals surface area contributed by atoms with Crippen molar-refractivity contribution in [1.29, 1.82) is 0 Å². The van der Waals surface area contributed by atoms with Gasteiger partial charge in [-0.1, -0.05) is 35.9 Å². The summed E-state index contributed by atoms with van der Waals surface area (Å²) in [7, 11) is 0. The maximum Gasteiger partial charge on any atom is 0.254 e. The lowest BCUT2D eigenvalue weighted by Gasteiger charge is -2.15. The molecule has 2 heterocycles. The zero-order chi connectivity index (χ0) is 13.4. The Morgan fingerprint density at radius 1 is 1.21 bits per heavy atom. The molecule has 19 heavy (non-hydrogen) atoms. The topological polar surface area (TPSA) is 59.2 Å². The van der Waals surface area contributed by atoms with E-state index < -0.39 is 0 Å². The summed E-state index contributed by atoms with van der Waals surface area (Å²) in [5.74, 6) is 0.180. The largest absolute Gasteiger partial charge is 0.384 e. The van der Waals surface area contributed by atoms with Gasteiger partial charge in [0.05, 0.1) is 0 Å². The first-order valence-electron chi connectivity index (χ1n) is 5.92. The highest BCUT2D eigenvalue weighted by Gasteiger charge is 2.24. The molecule has 0 atom stereocenters. The van der Waals surface area contributed by atoms with Gasteiger partial charge in [-0.3, -0.25) is 4.79 Å². The molecular formula is C14H12ClN3O. The Morgan fingerprint density at radius 3 is 2.42 bits per heavy atom. The second kappa shape index (κ2) is 4.55. The summed E-state index contributed by atoms with van der Waals surface area (Å²) in [4.78, 5) is 18.0. The molecule has 0 fully saturated rings. The third-order valence-electron chi connectivity index (χ3n) is 3.19. The van der Waals surface area contributed by atoms with Gasteiger partial charge in [0.1, 0.15) is 11.0 Å². The third kappa shape index (κ3) is 2.27. The molecule has 0 unspecified atom stereocenters. The molecule has 0 aliphatic carbocycles. The van der Waals surface area contributed by atoms with Gasteiger partial charge in [-0.15, -0.1) is 0 Å². The van der Waals surface area contributed by atoms with Crippen molar-refractivity contribution in [3.05, 3.63) is 58.2 Å². The van der Waals surface area contributed by atoms with E-state index in [-0.39, 0.29) is 16.9 Å². The van der Waals surface area contributed by atoms with Gasteiger partial charge >= 0.3 is 0 Å². The van der Waals surface area contributed by atoms with Crippen LogP contribution in [-0.4, -0.2) is 15.8 Å². The van der Waals surface area contributed by atoms with Crippen LogP contribution in [0.2, 0.25) is 5.15 Å². The Bertz CT molecular complexity index is 612. The first kappa shape index (κ1) is 12.0. The van der Waals surface area contributed by atoms with Crippen LogP contribution in [0, 0.1) is 0 Å². The van der Waals surface area contributed by atoms with E-state index in [1.807, 2.05) is 24.3 Å². The molecule has 0 spiro atoms. The van der Waals surface area contributed by atoms with Gasteiger partial charge in [0.15, 0.2) is 0 Å². The Hall–Kier alpha value is -2.07. The van der Waals surface area contributed by atoms with Crippen LogP contribution in [0.3, 0.4) is 0 Å². The number of hydrogen-bond acceptors (Lipinski definition) is 3. The molecule has 3 rings (SSSR count). The average molecular weight is 274 g/mol. The maximum absolute atomic E-state index is 12.4. The molecule has 0 bridgehead atoms. The molecule has 0 radical (unpaired) electrons. The minimum absolute atomic E-state index is 0.0767. The summed E-state index contributed by atoms with van der Waals surface area (Å²) in [6, 6.07) is 11.1. The van der Waals surface area contributed by atoms with Crippen LogP contribution >= 0.6 is 11.6 Å². The van der Waals surface area contributed by atoms with Crippen LogP contribution in [0.15, 0.2) is 36.4 Å². The first-order valence-corrected chi connectivity index (χ1v) is 6.30. The number of carbonyl (C=O) groups excluding carboxylic acids is 1. The number of fused-ring (bicyclic) bond motifs is 1. The lowest BCUT2D eigenvalue weighted by molar-refractivity contribution is 0.0751. The number of hydrogen-bond donors (Lipinski definition) is 1. The molecular weight excluding hydrogens is 262 g/mol. The molecule has 2 N–H and O–H groups in total. The third-order valence-corrected chi connectivity index (χ3v) is 3.38. The van der Waals surface area contributed by atoms with E-state index in [1.54, 1.807) is 17.0 Å². The first-order chi connectivity index (χ1) is 9.13. The number of nitrogens with zero attached hydrogens (tertiary/aromatic N) is 2. The van der Waals surface area contributed by atoms with Crippen molar-refractivity contribution in [3.8, 4) is 0 Å². The standard InChI is InChI=1S/C14H12ClN3O/c15-12-5-11(6-13(16)17-12)14(19)18-7-9-3-1-2-4-10(9)8-18/h1-6H,7-8H2,(H2,16,17). The van der Waals surface area contributed by atoms with Gasteiger partial charge in [-0.2, -0.15) is 0 Å². The van der Waals surface area contributed by atoms with Crippen molar-refractivity contribution < 1.29 is 4.79 Å². The van der Waals surface area contributed by atoms with Gasteiger partial charge in [-0.05, 0) is 23.3 Å². The van der Waals surface area contributed by atoms with Crippen molar-refractivity contribution in [1.82, 2.24) is 9.88 Å². The monoisotopic (exact) mass is 273 g/mol. The molecule has 0 saturated carbocycles. The number of pyridine rings is 1. The van der Waals surface area contributed by atoms with Gasteiger partial charge in [-0.25, -0.2) is 4.98 Å². The summed E-state index contributed by atoms with van der Waals surface area (Å²) in [6.07, 6.45) is 0. The molecule has 1 aliphatic rings. The Kier molecular flexibility index (Phi) is 2.87. The zero-order valence-electron chi connectivity index (χ0n) is 10.1. The molecule has 1 amide bonds. The summed E-state index contributed by atoms with van der Waals surface area (Å²) in [5, 5.41) is 0.236. The predicted octanol–water partition coefficient (Wildman–Crippen LogP) is 2.47. The van der Waals surface area contributed by atoms with Crippen molar-refractivity contribution >= 4 is 23.3 Å². The van der Waals surface area contributed by atoms with E-state index in [9.17, 15) is 4.79 Å². The molecule has 0 saturated heterocycles. The normalized spacial score (nSPS) is 13.4. The molecule has 4 nitrogen and oxygen atoms in total. The number of carbonyl (C=O) groups is 1. The lowest BCUT2D eigenvalue weighted by Crippen LogP contribution is -2.25. The molecule has 96 valence electrons. The van der Waals surface area contributed by atoms with Crippen LogP contribution in [0.5, 0.6) is 0 Å². The predicted molar refractivity (Wildman–Crippen MR) is 73.7 cm³/mol. The van der Waals surface area contributed by atoms with Crippen LogP contribution in [0.4, 0.5) is 5.82 Å². The SMILES string of the molecule is Nc1cc(C(=O)N2Cc3ccccc3C2)cc(Cl)n1. The van der Waals surface area contributed by atoms with E-state index in [4.69, 9.17) is 17.3 Å². The highest BCUT2D eigenvalue weighted by Crippen LogP contribution is 2.24. The average Bonchev–Trinajstić information content (AvgIpc) is 2.80. The van der Waals surface area contributed by atoms with Crippen LogP contribution in [0.25, 0.3) is 0 Å². The van der Waals surface area contributed by atoms with Crippen molar-refractivity contribution in [3.63, 3.8) is 0 Å². The van der Waals surface area contributed by atoms with E-state index in [2.05, 4.69) is 4.98 Å². The number of nitrogen functional groups attached to an aromatic ring is 1. The number of rotatable bonds is 1. The maximum atomic E-state index is 12.4. The smallest absolute Gasteiger partial charge is 0.254 e. The Morgan fingerprint density at radius 2 is 1.84 bits per heavy atom. The lowest BCUT2D eigenvalue weighted by atomic mass is 10.1. The molecule has 5 heteroatoms. The fourth-order valence-corrected chi connectivity index (χ4v) is 2.52. The van der Waals surface area contributed by atoms with Gasteiger partial charge in [0, 0.05) is 18.7 Å². The quantitative estimate of drug-likeness (QED) is 0.812. The Balaban J connectivity index is 1.87. The number of benzene rings is 1.